The molecule has 2 N–H and O–H groups in total. The molecule has 26 heavy (non-hydrogen) atoms. The molecular formula is C19H22FN3O2S. The van der Waals surface area contributed by atoms with Gasteiger partial charge in [-0.3, -0.25) is 9.59 Å². The SMILES string of the molecule is CNCC1CCCN1C(=O)c1sc(NC(=O)c2cccc(F)c2)cc1C. The predicted molar refractivity (Wildman–Crippen MR) is 101 cm³/mol. The van der Waals surface area contributed by atoms with Crippen molar-refractivity contribution in [2.75, 3.05) is 25.5 Å². The van der Waals surface area contributed by atoms with Crippen molar-refractivity contribution >= 4 is 28.2 Å². The lowest BCUT2D eigenvalue weighted by Crippen LogP contribution is -2.40. The molecule has 1 aliphatic rings. The quantitative estimate of drug-likeness (QED) is 0.843. The summed E-state index contributed by atoms with van der Waals surface area (Å²) in [5.74, 6) is -0.837. The Hall–Kier alpha value is -2.25. The predicted octanol–water partition coefficient (Wildman–Crippen LogP) is 3.27. The Bertz CT molecular complexity index is 821. The van der Waals surface area contributed by atoms with Crippen molar-refractivity contribution in [3.05, 3.63) is 52.2 Å². The highest BCUT2D eigenvalue weighted by Crippen LogP contribution is 2.30. The van der Waals surface area contributed by atoms with E-state index in [2.05, 4.69) is 10.6 Å². The minimum atomic E-state index is -0.458. The fourth-order valence-corrected chi connectivity index (χ4v) is 4.27. The Morgan fingerprint density at radius 1 is 1.35 bits per heavy atom. The van der Waals surface area contributed by atoms with Gasteiger partial charge in [-0.25, -0.2) is 4.39 Å². The highest BCUT2D eigenvalue weighted by atomic mass is 32.1. The molecule has 1 saturated heterocycles. The van der Waals surface area contributed by atoms with E-state index in [1.807, 2.05) is 18.9 Å². The number of hydrogen-bond donors (Lipinski definition) is 2. The van der Waals surface area contributed by atoms with Crippen LogP contribution in [0, 0.1) is 12.7 Å². The number of anilines is 1. The Labute approximate surface area is 156 Å². The van der Waals surface area contributed by atoms with Gasteiger partial charge in [-0.1, -0.05) is 6.07 Å². The highest BCUT2D eigenvalue weighted by molar-refractivity contribution is 7.18. The van der Waals surface area contributed by atoms with Crippen LogP contribution in [0.2, 0.25) is 0 Å². The van der Waals surface area contributed by atoms with Crippen LogP contribution in [-0.4, -0.2) is 42.9 Å². The maximum absolute atomic E-state index is 13.3. The molecule has 138 valence electrons. The topological polar surface area (TPSA) is 61.4 Å². The van der Waals surface area contributed by atoms with Crippen LogP contribution in [0.4, 0.5) is 9.39 Å². The van der Waals surface area contributed by atoms with Gasteiger partial charge in [-0.15, -0.1) is 11.3 Å². The van der Waals surface area contributed by atoms with Gasteiger partial charge in [-0.2, -0.15) is 0 Å². The Morgan fingerprint density at radius 2 is 2.15 bits per heavy atom. The van der Waals surface area contributed by atoms with Gasteiger partial charge in [0, 0.05) is 24.7 Å². The van der Waals surface area contributed by atoms with Crippen LogP contribution in [-0.2, 0) is 0 Å². The largest absolute Gasteiger partial charge is 0.334 e. The normalized spacial score (nSPS) is 16.7. The molecule has 1 atom stereocenters. The summed E-state index contributed by atoms with van der Waals surface area (Å²) in [4.78, 5) is 27.7. The second-order valence-corrected chi connectivity index (χ2v) is 7.49. The maximum Gasteiger partial charge on any atom is 0.264 e. The number of likely N-dealkylation sites (tertiary alicyclic amines) is 1. The number of amides is 2. The zero-order valence-corrected chi connectivity index (χ0v) is 15.7. The standard InChI is InChI=1S/C19H22FN3O2S/c1-12-9-16(22-18(24)13-5-3-6-14(20)10-13)26-17(12)19(25)23-8-4-7-15(23)11-21-2/h3,5-6,9-10,15,21H,4,7-8,11H2,1-2H3,(H,22,24). The van der Waals surface area contributed by atoms with E-state index in [9.17, 15) is 14.0 Å². The van der Waals surface area contributed by atoms with Gasteiger partial charge in [0.2, 0.25) is 0 Å². The summed E-state index contributed by atoms with van der Waals surface area (Å²) >= 11 is 1.26. The van der Waals surface area contributed by atoms with Crippen molar-refractivity contribution in [3.8, 4) is 0 Å². The maximum atomic E-state index is 13.3. The average Bonchev–Trinajstić information content (AvgIpc) is 3.21. The number of carbonyl (C=O) groups excluding carboxylic acids is 2. The van der Waals surface area contributed by atoms with E-state index in [4.69, 9.17) is 0 Å². The van der Waals surface area contributed by atoms with Crippen molar-refractivity contribution in [3.63, 3.8) is 0 Å². The van der Waals surface area contributed by atoms with Gasteiger partial charge >= 0.3 is 0 Å². The fraction of sp³-hybridized carbons (Fsp3) is 0.368. The summed E-state index contributed by atoms with van der Waals surface area (Å²) < 4.78 is 13.3. The number of likely N-dealkylation sites (N-methyl/N-ethyl adjacent to an activating group) is 1. The summed E-state index contributed by atoms with van der Waals surface area (Å²) in [6.45, 7) is 3.40. The summed E-state index contributed by atoms with van der Waals surface area (Å²) in [6.07, 6.45) is 2.01. The molecule has 5 nitrogen and oxygen atoms in total. The van der Waals surface area contributed by atoms with E-state index < -0.39 is 5.82 Å². The van der Waals surface area contributed by atoms with E-state index in [-0.39, 0.29) is 23.4 Å². The van der Waals surface area contributed by atoms with Gasteiger partial charge in [-0.05, 0) is 56.6 Å². The zero-order chi connectivity index (χ0) is 18.7. The molecule has 0 saturated carbocycles. The molecule has 2 amide bonds. The number of hydrogen-bond acceptors (Lipinski definition) is 4. The monoisotopic (exact) mass is 375 g/mol. The third-order valence-electron chi connectivity index (χ3n) is 4.51. The molecule has 3 rings (SSSR count). The van der Waals surface area contributed by atoms with Crippen LogP contribution < -0.4 is 10.6 Å². The first-order valence-corrected chi connectivity index (χ1v) is 9.44. The minimum Gasteiger partial charge on any atom is -0.334 e. The second-order valence-electron chi connectivity index (χ2n) is 6.44. The number of nitrogens with zero attached hydrogens (tertiary/aromatic N) is 1. The lowest BCUT2D eigenvalue weighted by molar-refractivity contribution is 0.0741. The minimum absolute atomic E-state index is 0.0107. The average molecular weight is 375 g/mol. The summed E-state index contributed by atoms with van der Waals surface area (Å²) in [7, 11) is 1.89. The first kappa shape index (κ1) is 18.5. The molecule has 1 fully saturated rings. The number of aryl methyl sites for hydroxylation is 1. The molecule has 2 heterocycles. The van der Waals surface area contributed by atoms with Crippen molar-refractivity contribution in [1.29, 1.82) is 0 Å². The first-order chi connectivity index (χ1) is 12.5. The first-order valence-electron chi connectivity index (χ1n) is 8.62. The van der Waals surface area contributed by atoms with Gasteiger partial charge in [0.1, 0.15) is 5.82 Å². The lowest BCUT2D eigenvalue weighted by atomic mass is 10.2. The van der Waals surface area contributed by atoms with Crippen LogP contribution in [0.3, 0.4) is 0 Å². The lowest BCUT2D eigenvalue weighted by Gasteiger charge is -2.24. The van der Waals surface area contributed by atoms with E-state index in [0.717, 1.165) is 31.5 Å². The van der Waals surface area contributed by atoms with Gasteiger partial charge in [0.25, 0.3) is 11.8 Å². The molecule has 7 heteroatoms. The number of carbonyl (C=O) groups is 2. The summed E-state index contributed by atoms with van der Waals surface area (Å²) in [5, 5.41) is 6.48. The molecule has 1 aromatic carbocycles. The van der Waals surface area contributed by atoms with E-state index in [1.54, 1.807) is 12.1 Å². The number of rotatable bonds is 5. The van der Waals surface area contributed by atoms with Gasteiger partial charge < -0.3 is 15.5 Å². The Kier molecular flexibility index (Phi) is 5.68. The third-order valence-corrected chi connectivity index (χ3v) is 5.65. The van der Waals surface area contributed by atoms with Crippen LogP contribution in [0.25, 0.3) is 0 Å². The molecule has 1 aliphatic heterocycles. The molecule has 1 unspecified atom stereocenters. The second kappa shape index (κ2) is 7.97. The molecule has 0 radical (unpaired) electrons. The van der Waals surface area contributed by atoms with E-state index in [0.29, 0.717) is 9.88 Å². The van der Waals surface area contributed by atoms with Gasteiger partial charge in [0.15, 0.2) is 0 Å². The fourth-order valence-electron chi connectivity index (χ4n) is 3.25. The van der Waals surface area contributed by atoms with E-state index >= 15 is 0 Å². The van der Waals surface area contributed by atoms with Crippen molar-refractivity contribution < 1.29 is 14.0 Å². The van der Waals surface area contributed by atoms with Crippen molar-refractivity contribution in [2.24, 2.45) is 0 Å². The van der Waals surface area contributed by atoms with Crippen LogP contribution >= 0.6 is 11.3 Å². The van der Waals surface area contributed by atoms with Crippen LogP contribution in [0.5, 0.6) is 0 Å². The zero-order valence-electron chi connectivity index (χ0n) is 14.8. The summed E-state index contributed by atoms with van der Waals surface area (Å²) in [5.41, 5.74) is 1.09. The molecule has 0 spiro atoms. The third kappa shape index (κ3) is 3.94. The molecular weight excluding hydrogens is 353 g/mol. The molecule has 2 aromatic rings. The number of benzene rings is 1. The highest BCUT2D eigenvalue weighted by Gasteiger charge is 2.30. The van der Waals surface area contributed by atoms with Crippen LogP contribution in [0.15, 0.2) is 30.3 Å². The summed E-state index contributed by atoms with van der Waals surface area (Å²) in [6, 6.07) is 7.53. The molecule has 0 aliphatic carbocycles. The number of thiophene rings is 1. The molecule has 1 aromatic heterocycles. The van der Waals surface area contributed by atoms with Crippen LogP contribution in [0.1, 0.15) is 38.4 Å². The van der Waals surface area contributed by atoms with Gasteiger partial charge in [0.05, 0.1) is 9.88 Å². The number of halogens is 1. The van der Waals surface area contributed by atoms with Crippen molar-refractivity contribution in [2.45, 2.75) is 25.8 Å². The number of nitrogens with one attached hydrogen (secondary N) is 2. The Morgan fingerprint density at radius 3 is 2.88 bits per heavy atom. The molecule has 0 bridgehead atoms. The van der Waals surface area contributed by atoms with E-state index in [1.165, 1.54) is 29.5 Å². The Balaban J connectivity index is 1.74. The van der Waals surface area contributed by atoms with Crippen molar-refractivity contribution in [1.82, 2.24) is 10.2 Å². The smallest absolute Gasteiger partial charge is 0.264 e.